The van der Waals surface area contributed by atoms with Crippen LogP contribution in [0.4, 0.5) is 0 Å². The first-order valence-electron chi connectivity index (χ1n) is 8.09. The predicted molar refractivity (Wildman–Crippen MR) is 99.4 cm³/mol. The number of carbonyl (C=O) groups is 1. The lowest BCUT2D eigenvalue weighted by molar-refractivity contribution is -0.121. The average Bonchev–Trinajstić information content (AvgIpc) is 2.99. The quantitative estimate of drug-likeness (QED) is 0.821. The number of hydrogen-bond acceptors (Lipinski definition) is 4. The van der Waals surface area contributed by atoms with Gasteiger partial charge in [-0.25, -0.2) is 4.98 Å². The van der Waals surface area contributed by atoms with E-state index in [2.05, 4.69) is 44.4 Å². The second-order valence-electron chi connectivity index (χ2n) is 6.21. The Balaban J connectivity index is 1.69. The molecule has 1 aliphatic rings. The van der Waals surface area contributed by atoms with Gasteiger partial charge in [0.2, 0.25) is 5.91 Å². The van der Waals surface area contributed by atoms with Crippen LogP contribution in [0.2, 0.25) is 0 Å². The molecule has 0 atom stereocenters. The van der Waals surface area contributed by atoms with Crippen LogP contribution in [0, 0.1) is 6.92 Å². The SMILES string of the molecule is Cc1nc(CC(=O)NCC2(c3cccc(Br)c3)CCOCC2)cs1. The van der Waals surface area contributed by atoms with Crippen LogP contribution in [-0.2, 0) is 21.4 Å². The van der Waals surface area contributed by atoms with Crippen LogP contribution in [0.25, 0.3) is 0 Å². The number of carbonyl (C=O) groups excluding carboxylic acids is 1. The van der Waals surface area contributed by atoms with E-state index in [4.69, 9.17) is 4.74 Å². The van der Waals surface area contributed by atoms with Gasteiger partial charge < -0.3 is 10.1 Å². The van der Waals surface area contributed by atoms with E-state index in [-0.39, 0.29) is 11.3 Å². The minimum Gasteiger partial charge on any atom is -0.381 e. The number of rotatable bonds is 5. The molecule has 128 valence electrons. The van der Waals surface area contributed by atoms with E-state index in [1.165, 1.54) is 5.56 Å². The molecule has 1 fully saturated rings. The molecule has 1 aromatic heterocycles. The summed E-state index contributed by atoms with van der Waals surface area (Å²) in [6.07, 6.45) is 2.18. The molecule has 4 nitrogen and oxygen atoms in total. The van der Waals surface area contributed by atoms with Crippen molar-refractivity contribution in [2.24, 2.45) is 0 Å². The Hall–Kier alpha value is -1.24. The number of nitrogens with one attached hydrogen (secondary N) is 1. The number of aryl methyl sites for hydroxylation is 1. The standard InChI is InChI=1S/C18H21BrN2O2S/c1-13-21-16(11-24-13)10-17(22)20-12-18(5-7-23-8-6-18)14-3-2-4-15(19)9-14/h2-4,9,11H,5-8,10,12H2,1H3,(H,20,22). The zero-order valence-corrected chi connectivity index (χ0v) is 16.1. The van der Waals surface area contributed by atoms with Gasteiger partial charge in [-0.2, -0.15) is 0 Å². The Bertz CT molecular complexity index is 711. The molecule has 1 aromatic carbocycles. The maximum absolute atomic E-state index is 12.3. The Morgan fingerprint density at radius 2 is 2.21 bits per heavy atom. The topological polar surface area (TPSA) is 51.2 Å². The minimum absolute atomic E-state index is 0.0289. The molecule has 1 N–H and O–H groups in total. The van der Waals surface area contributed by atoms with Gasteiger partial charge in [0.25, 0.3) is 0 Å². The smallest absolute Gasteiger partial charge is 0.226 e. The van der Waals surface area contributed by atoms with E-state index < -0.39 is 0 Å². The van der Waals surface area contributed by atoms with Crippen molar-refractivity contribution in [3.05, 3.63) is 50.4 Å². The van der Waals surface area contributed by atoms with Crippen LogP contribution >= 0.6 is 27.3 Å². The number of amides is 1. The highest BCUT2D eigenvalue weighted by Gasteiger charge is 2.35. The molecule has 2 heterocycles. The summed E-state index contributed by atoms with van der Waals surface area (Å²) >= 11 is 5.13. The number of benzene rings is 1. The Labute approximate surface area is 154 Å². The van der Waals surface area contributed by atoms with Crippen molar-refractivity contribution >= 4 is 33.2 Å². The molecule has 1 saturated heterocycles. The highest BCUT2D eigenvalue weighted by Crippen LogP contribution is 2.35. The normalized spacial score (nSPS) is 16.8. The molecule has 24 heavy (non-hydrogen) atoms. The first kappa shape index (κ1) is 17.6. The highest BCUT2D eigenvalue weighted by atomic mass is 79.9. The van der Waals surface area contributed by atoms with E-state index >= 15 is 0 Å². The zero-order valence-electron chi connectivity index (χ0n) is 13.7. The Morgan fingerprint density at radius 3 is 2.88 bits per heavy atom. The molecule has 1 aliphatic heterocycles. The third-order valence-electron chi connectivity index (χ3n) is 4.52. The van der Waals surface area contributed by atoms with Gasteiger partial charge in [0, 0.05) is 35.0 Å². The van der Waals surface area contributed by atoms with Crippen molar-refractivity contribution in [1.82, 2.24) is 10.3 Å². The molecule has 0 saturated carbocycles. The molecule has 0 bridgehead atoms. The first-order chi connectivity index (χ1) is 11.6. The van der Waals surface area contributed by atoms with Crippen molar-refractivity contribution in [2.75, 3.05) is 19.8 Å². The monoisotopic (exact) mass is 408 g/mol. The predicted octanol–water partition coefficient (Wildman–Crippen LogP) is 3.62. The number of aromatic nitrogens is 1. The molecule has 0 radical (unpaired) electrons. The van der Waals surface area contributed by atoms with Gasteiger partial charge in [-0.3, -0.25) is 4.79 Å². The van der Waals surface area contributed by atoms with Crippen molar-refractivity contribution in [3.63, 3.8) is 0 Å². The second kappa shape index (κ2) is 7.76. The van der Waals surface area contributed by atoms with Crippen molar-refractivity contribution in [2.45, 2.75) is 31.6 Å². The van der Waals surface area contributed by atoms with E-state index in [9.17, 15) is 4.79 Å². The lowest BCUT2D eigenvalue weighted by atomic mass is 9.74. The van der Waals surface area contributed by atoms with Gasteiger partial charge in [0.1, 0.15) is 0 Å². The number of halogens is 1. The van der Waals surface area contributed by atoms with Gasteiger partial charge in [-0.15, -0.1) is 11.3 Å². The molecule has 6 heteroatoms. The van der Waals surface area contributed by atoms with E-state index in [1.807, 2.05) is 18.4 Å². The number of thiazole rings is 1. The number of hydrogen-bond donors (Lipinski definition) is 1. The maximum atomic E-state index is 12.3. The summed E-state index contributed by atoms with van der Waals surface area (Å²) in [7, 11) is 0. The van der Waals surface area contributed by atoms with Crippen LogP contribution < -0.4 is 5.32 Å². The lowest BCUT2D eigenvalue weighted by Gasteiger charge is -2.38. The summed E-state index contributed by atoms with van der Waals surface area (Å²) < 4.78 is 6.61. The second-order valence-corrected chi connectivity index (χ2v) is 8.19. The van der Waals surface area contributed by atoms with Crippen molar-refractivity contribution in [1.29, 1.82) is 0 Å². The van der Waals surface area contributed by atoms with Gasteiger partial charge in [-0.05, 0) is 37.5 Å². The van der Waals surface area contributed by atoms with E-state index in [0.717, 1.165) is 41.2 Å². The van der Waals surface area contributed by atoms with E-state index in [1.54, 1.807) is 11.3 Å². The molecule has 0 spiro atoms. The first-order valence-corrected chi connectivity index (χ1v) is 9.76. The van der Waals surface area contributed by atoms with Crippen LogP contribution in [-0.4, -0.2) is 30.6 Å². The zero-order chi connectivity index (χ0) is 17.0. The van der Waals surface area contributed by atoms with Crippen LogP contribution in [0.15, 0.2) is 34.1 Å². The molecular formula is C18H21BrN2O2S. The van der Waals surface area contributed by atoms with E-state index in [0.29, 0.717) is 13.0 Å². The summed E-state index contributed by atoms with van der Waals surface area (Å²) in [6, 6.07) is 8.38. The Kier molecular flexibility index (Phi) is 5.69. The van der Waals surface area contributed by atoms with Gasteiger partial charge in [0.05, 0.1) is 17.1 Å². The van der Waals surface area contributed by atoms with Crippen molar-refractivity contribution in [3.8, 4) is 0 Å². The van der Waals surface area contributed by atoms with Crippen LogP contribution in [0.5, 0.6) is 0 Å². The lowest BCUT2D eigenvalue weighted by Crippen LogP contribution is -2.45. The minimum atomic E-state index is -0.0598. The molecule has 0 unspecified atom stereocenters. The molecular weight excluding hydrogens is 388 g/mol. The molecule has 3 rings (SSSR count). The molecule has 1 amide bonds. The summed E-state index contributed by atoms with van der Waals surface area (Å²) in [6.45, 7) is 4.05. The van der Waals surface area contributed by atoms with Gasteiger partial charge >= 0.3 is 0 Å². The third kappa shape index (κ3) is 4.23. The fourth-order valence-electron chi connectivity index (χ4n) is 3.13. The molecule has 2 aromatic rings. The number of ether oxygens (including phenoxy) is 1. The van der Waals surface area contributed by atoms with Crippen LogP contribution in [0.3, 0.4) is 0 Å². The fraction of sp³-hybridized carbons (Fsp3) is 0.444. The van der Waals surface area contributed by atoms with Gasteiger partial charge in [0.15, 0.2) is 0 Å². The summed E-state index contributed by atoms with van der Waals surface area (Å²) in [5.74, 6) is 0.0289. The van der Waals surface area contributed by atoms with Crippen molar-refractivity contribution < 1.29 is 9.53 Å². The Morgan fingerprint density at radius 1 is 1.42 bits per heavy atom. The summed E-state index contributed by atoms with van der Waals surface area (Å²) in [4.78, 5) is 16.7. The summed E-state index contributed by atoms with van der Waals surface area (Å²) in [5, 5.41) is 6.07. The third-order valence-corrected chi connectivity index (χ3v) is 5.83. The largest absolute Gasteiger partial charge is 0.381 e. The van der Waals surface area contributed by atoms with Gasteiger partial charge in [-0.1, -0.05) is 28.1 Å². The van der Waals surface area contributed by atoms with Crippen LogP contribution in [0.1, 0.15) is 29.1 Å². The average molecular weight is 409 g/mol. The molecule has 0 aliphatic carbocycles. The highest BCUT2D eigenvalue weighted by molar-refractivity contribution is 9.10. The maximum Gasteiger partial charge on any atom is 0.226 e. The number of nitrogens with zero attached hydrogens (tertiary/aromatic N) is 1. The summed E-state index contributed by atoms with van der Waals surface area (Å²) in [5.41, 5.74) is 2.04. The fourth-order valence-corrected chi connectivity index (χ4v) is 4.14.